The highest BCUT2D eigenvalue weighted by molar-refractivity contribution is 6.00. The van der Waals surface area contributed by atoms with Crippen LogP contribution in [0.25, 0.3) is 10.9 Å². The standard InChI is InChI=1S/C76H121N17O19/c1-9-11-12-13-17-30-59(96)91-62(43(3)4)73(108)87-51(28-20-22-34-77)65(100)81-40-60(97)83-57(41-94)71(106)89-56(38-48-39-80-50-27-19-18-26-49(48)50)70(105)90-58(42-95)72(107)84-52(29-21-23-35-78)66(101)86-54(33-36-79)67(102)88-55(37-47-24-15-14-16-25-47)69(104)85-53(31-32-61(98)99)68(103)92-63(44(5)6)74(109)93-64(45(7)10-2)75(110)82-46(8)76(111)112/h14-16,18-19,24-27,39,43-46,51-58,62-64,80,94-95H,9-13,17,20-23,28-38,40-42,77-79H2,1-8H3,(H,81,100)(H,82,110)(H,83,97)(H,84,107)(H,85,104)(H,86,101)(H,87,108)(H,88,102)(H,89,106)(H,90,105)(H,91,96)(H,92,103)(H,93,109)(H,98,99)(H,111,112)/t45-,46-,51+,52-,53-,54+,55-,56+,57+,58-,62+,63-,64+/m0/s1. The molecule has 0 aliphatic heterocycles. The molecule has 0 saturated carbocycles. The summed E-state index contributed by atoms with van der Waals surface area (Å²) in [5, 5.41) is 73.9. The van der Waals surface area contributed by atoms with E-state index >= 15 is 0 Å². The first-order chi connectivity index (χ1) is 53.3. The predicted molar refractivity (Wildman–Crippen MR) is 415 cm³/mol. The lowest BCUT2D eigenvalue weighted by Gasteiger charge is -2.30. The van der Waals surface area contributed by atoms with E-state index in [1.165, 1.54) is 6.92 Å². The molecule has 0 spiro atoms. The summed E-state index contributed by atoms with van der Waals surface area (Å²) in [4.78, 5) is 209. The van der Waals surface area contributed by atoms with Crippen molar-refractivity contribution < 1.29 is 92.3 Å². The number of fused-ring (bicyclic) bond motifs is 1. The van der Waals surface area contributed by atoms with Crippen LogP contribution in [0.2, 0.25) is 0 Å². The Bertz CT molecular complexity index is 3560. The van der Waals surface area contributed by atoms with E-state index in [0.29, 0.717) is 54.1 Å². The number of carboxylic acids is 2. The lowest BCUT2D eigenvalue weighted by molar-refractivity contribution is -0.142. The number of para-hydroxylation sites is 1. The zero-order valence-corrected chi connectivity index (χ0v) is 65.5. The van der Waals surface area contributed by atoms with E-state index in [4.69, 9.17) is 17.2 Å². The molecule has 3 aromatic rings. The first-order valence-electron chi connectivity index (χ1n) is 38.5. The molecule has 1 heterocycles. The molecule has 13 atom stereocenters. The molecule has 0 aliphatic rings. The Morgan fingerprint density at radius 3 is 1.38 bits per heavy atom. The van der Waals surface area contributed by atoms with Crippen molar-refractivity contribution in [3.63, 3.8) is 0 Å². The fourth-order valence-electron chi connectivity index (χ4n) is 11.9. The summed E-state index contributed by atoms with van der Waals surface area (Å²) >= 11 is 0. The number of aromatic nitrogens is 1. The van der Waals surface area contributed by atoms with Crippen molar-refractivity contribution in [1.82, 2.24) is 74.1 Å². The van der Waals surface area contributed by atoms with Gasteiger partial charge in [0.1, 0.15) is 72.5 Å². The number of aliphatic carboxylic acids is 2. The van der Waals surface area contributed by atoms with Crippen molar-refractivity contribution in [1.29, 1.82) is 0 Å². The summed E-state index contributed by atoms with van der Waals surface area (Å²) in [7, 11) is 0. The predicted octanol–water partition coefficient (Wildman–Crippen LogP) is -1.83. The van der Waals surface area contributed by atoms with Crippen LogP contribution in [-0.4, -0.2) is 226 Å². The molecule has 0 radical (unpaired) electrons. The third-order valence-electron chi connectivity index (χ3n) is 18.8. The SMILES string of the molecule is CCCCCCCC(=O)N[C@@H](C(=O)N[C@H](CCCCN)C(=O)NCC(=O)N[C@H](CO)C(=O)N[C@H](Cc1c[nH]c2ccccc12)C(=O)N[C@@H](CO)C(=O)N[C@@H](CCCCN)C(=O)N[C@H](CCN)C(=O)N[C@@H](Cc1ccccc1)C(=O)N[C@@H](CCC(=O)O)C(=O)N[C@H](C(=O)N[C@@H](C(=O)N[C@@H](C)C(=O)O)[C@@H](C)CC)C(C)C)C(C)C. The van der Waals surface area contributed by atoms with Crippen molar-refractivity contribution in [3.8, 4) is 0 Å². The van der Waals surface area contributed by atoms with Crippen LogP contribution in [0.4, 0.5) is 0 Å². The normalized spacial score (nSPS) is 14.7. The van der Waals surface area contributed by atoms with Gasteiger partial charge >= 0.3 is 11.9 Å². The Balaban J connectivity index is 1.90. The van der Waals surface area contributed by atoms with Crippen LogP contribution in [0.1, 0.15) is 169 Å². The van der Waals surface area contributed by atoms with Gasteiger partial charge in [-0.15, -0.1) is 0 Å². The van der Waals surface area contributed by atoms with E-state index in [9.17, 15) is 92.3 Å². The minimum Gasteiger partial charge on any atom is -0.481 e. The fraction of sp³-hybridized carbons (Fsp3) is 0.618. The maximum atomic E-state index is 14.6. The average Bonchev–Trinajstić information content (AvgIpc) is 1.77. The summed E-state index contributed by atoms with van der Waals surface area (Å²) in [6.45, 7) is 10.6. The van der Waals surface area contributed by atoms with E-state index < -0.39 is 200 Å². The number of amides is 13. The lowest BCUT2D eigenvalue weighted by atomic mass is 9.96. The molecule has 0 aliphatic carbocycles. The minimum atomic E-state index is -1.85. The van der Waals surface area contributed by atoms with E-state index in [2.05, 4.69) is 81.0 Å². The van der Waals surface area contributed by atoms with Crippen LogP contribution in [-0.2, 0) is 84.8 Å². The molecule has 36 heteroatoms. The molecular formula is C76H121N17O19. The molecule has 2 aromatic carbocycles. The maximum Gasteiger partial charge on any atom is 0.325 e. The second-order valence-electron chi connectivity index (χ2n) is 28.6. The van der Waals surface area contributed by atoms with Crippen LogP contribution in [0.3, 0.4) is 0 Å². The van der Waals surface area contributed by atoms with Crippen molar-refractivity contribution in [2.75, 3.05) is 39.4 Å². The van der Waals surface area contributed by atoms with Gasteiger partial charge in [-0.25, -0.2) is 0 Å². The molecule has 3 rings (SSSR count). The summed E-state index contributed by atoms with van der Waals surface area (Å²) in [5.41, 5.74) is 19.1. The van der Waals surface area contributed by atoms with Gasteiger partial charge in [0.05, 0.1) is 19.8 Å². The molecule has 1 aromatic heterocycles. The van der Waals surface area contributed by atoms with Crippen LogP contribution in [0, 0.1) is 17.8 Å². The van der Waals surface area contributed by atoms with E-state index in [1.54, 1.807) is 102 Å². The number of unbranched alkanes of at least 4 members (excludes halogenated alkanes) is 6. The molecule has 13 amide bonds. The number of carbonyl (C=O) groups excluding carboxylic acids is 13. The molecular weight excluding hydrogens is 1450 g/mol. The van der Waals surface area contributed by atoms with Crippen LogP contribution >= 0.6 is 0 Å². The molecule has 36 nitrogen and oxygen atoms in total. The maximum absolute atomic E-state index is 14.6. The monoisotopic (exact) mass is 1580 g/mol. The molecule has 624 valence electrons. The van der Waals surface area contributed by atoms with Gasteiger partial charge in [0.2, 0.25) is 76.8 Å². The van der Waals surface area contributed by atoms with Crippen molar-refractivity contribution in [2.24, 2.45) is 35.0 Å². The van der Waals surface area contributed by atoms with Crippen LogP contribution in [0.5, 0.6) is 0 Å². The van der Waals surface area contributed by atoms with Gasteiger partial charge in [0, 0.05) is 42.8 Å². The molecule has 24 N–H and O–H groups in total. The third kappa shape index (κ3) is 33.8. The minimum absolute atomic E-state index is 0.105. The number of carboxylic acid groups (broad SMARTS) is 2. The van der Waals surface area contributed by atoms with E-state index in [1.807, 2.05) is 0 Å². The summed E-state index contributed by atoms with van der Waals surface area (Å²) < 4.78 is 0. The zero-order valence-electron chi connectivity index (χ0n) is 65.5. The number of hydrogen-bond acceptors (Lipinski definition) is 20. The molecule has 112 heavy (non-hydrogen) atoms. The smallest absolute Gasteiger partial charge is 0.325 e. The molecule has 0 saturated heterocycles. The Labute approximate surface area is 653 Å². The van der Waals surface area contributed by atoms with E-state index in [-0.39, 0.29) is 76.4 Å². The zero-order chi connectivity index (χ0) is 83.6. The highest BCUT2D eigenvalue weighted by Crippen LogP contribution is 2.21. The first kappa shape index (κ1) is 96.0. The Morgan fingerprint density at radius 1 is 0.402 bits per heavy atom. The van der Waals surface area contributed by atoms with Crippen molar-refractivity contribution >= 4 is 99.6 Å². The Hall–Kier alpha value is -10.2. The van der Waals surface area contributed by atoms with Crippen LogP contribution in [0.15, 0.2) is 60.8 Å². The summed E-state index contributed by atoms with van der Waals surface area (Å²) in [5.74, 6) is -16.0. The number of benzene rings is 2. The van der Waals surface area contributed by atoms with Gasteiger partial charge in [0.15, 0.2) is 0 Å². The van der Waals surface area contributed by atoms with Gasteiger partial charge in [-0.3, -0.25) is 71.9 Å². The van der Waals surface area contributed by atoms with Gasteiger partial charge < -0.3 is 112 Å². The topological polar surface area (TPSA) is 587 Å². The third-order valence-corrected chi connectivity index (χ3v) is 18.8. The Kier molecular flexibility index (Phi) is 44.1. The van der Waals surface area contributed by atoms with Crippen molar-refractivity contribution in [3.05, 3.63) is 71.9 Å². The lowest BCUT2D eigenvalue weighted by Crippen LogP contribution is -2.62. The van der Waals surface area contributed by atoms with Gasteiger partial charge in [-0.1, -0.05) is 129 Å². The number of rotatable bonds is 55. The summed E-state index contributed by atoms with van der Waals surface area (Å²) in [6, 6.07) is -2.60. The molecule has 0 bridgehead atoms. The van der Waals surface area contributed by atoms with Gasteiger partial charge in [-0.2, -0.15) is 0 Å². The largest absolute Gasteiger partial charge is 0.481 e. The van der Waals surface area contributed by atoms with E-state index in [0.717, 1.165) is 25.7 Å². The first-order valence-corrected chi connectivity index (χ1v) is 38.5. The number of aliphatic hydroxyl groups is 2. The number of nitrogens with two attached hydrogens (primary N) is 3. The number of aliphatic hydroxyl groups excluding tert-OH is 2. The highest BCUT2D eigenvalue weighted by Gasteiger charge is 2.38. The highest BCUT2D eigenvalue weighted by atomic mass is 16.4. The quantitative estimate of drug-likeness (QED) is 0.0276. The molecule has 0 fully saturated rings. The second kappa shape index (κ2) is 51.4. The number of nitrogens with one attached hydrogen (secondary N) is 14. The number of H-pyrrole nitrogens is 1. The van der Waals surface area contributed by atoms with Crippen molar-refractivity contribution in [2.45, 2.75) is 243 Å². The molecule has 0 unspecified atom stereocenters. The Morgan fingerprint density at radius 2 is 0.848 bits per heavy atom. The number of hydrogen-bond donors (Lipinski definition) is 21. The average molecular weight is 1580 g/mol. The van der Waals surface area contributed by atoms with Gasteiger partial charge in [0.25, 0.3) is 0 Å². The number of aromatic amines is 1. The summed E-state index contributed by atoms with van der Waals surface area (Å²) in [6.07, 6.45) is 6.00. The fourth-order valence-corrected chi connectivity index (χ4v) is 11.9. The van der Waals surface area contributed by atoms with Gasteiger partial charge in [-0.05, 0) is 119 Å². The second-order valence-corrected chi connectivity index (χ2v) is 28.6. The van der Waals surface area contributed by atoms with Crippen LogP contribution < -0.4 is 86.3 Å². The number of carbonyl (C=O) groups is 15.